The fraction of sp³-hybridized carbons (Fsp3) is 0.714. The van der Waals surface area contributed by atoms with Crippen molar-refractivity contribution in [1.82, 2.24) is 0 Å². The summed E-state index contributed by atoms with van der Waals surface area (Å²) in [6, 6.07) is 2.36. The van der Waals surface area contributed by atoms with Crippen molar-refractivity contribution in [3.63, 3.8) is 0 Å². The lowest BCUT2D eigenvalue weighted by molar-refractivity contribution is -0.123. The molecular weight excluding hydrogens is 408 g/mol. The van der Waals surface area contributed by atoms with Gasteiger partial charge in [-0.15, -0.1) is 11.3 Å². The number of aryl methyl sites for hydroxylation is 1. The lowest BCUT2D eigenvalue weighted by Gasteiger charge is -2.60. The van der Waals surface area contributed by atoms with Gasteiger partial charge in [-0.3, -0.25) is 4.79 Å². The molecule has 138 valence electrons. The summed E-state index contributed by atoms with van der Waals surface area (Å²) >= 11 is 5.68. The Morgan fingerprint density at radius 3 is 2.65 bits per heavy atom. The third kappa shape index (κ3) is 2.85. The van der Waals surface area contributed by atoms with Gasteiger partial charge in [-0.05, 0) is 87.0 Å². The molecule has 5 heteroatoms. The molecule has 2 unspecified atom stereocenters. The van der Waals surface area contributed by atoms with Gasteiger partial charge in [0, 0.05) is 15.6 Å². The number of carbonyl (C=O) groups is 1. The van der Waals surface area contributed by atoms with E-state index in [1.807, 2.05) is 0 Å². The van der Waals surface area contributed by atoms with Crippen LogP contribution in [0.2, 0.25) is 0 Å². The number of halogens is 1. The Morgan fingerprint density at radius 2 is 1.96 bits per heavy atom. The van der Waals surface area contributed by atoms with E-state index in [0.29, 0.717) is 6.42 Å². The normalized spacial score (nSPS) is 37.2. The highest BCUT2D eigenvalue weighted by atomic mass is 79.9. The van der Waals surface area contributed by atoms with Crippen LogP contribution in [0.15, 0.2) is 0 Å². The van der Waals surface area contributed by atoms with Gasteiger partial charge in [0.1, 0.15) is 11.1 Å². The number of hydrogen-bond acceptors (Lipinski definition) is 3. The molecule has 1 heterocycles. The maximum absolute atomic E-state index is 13.0. The molecule has 1 amide bonds. The van der Waals surface area contributed by atoms with Gasteiger partial charge in [0.05, 0.1) is 5.56 Å². The van der Waals surface area contributed by atoms with Crippen molar-refractivity contribution < 1.29 is 4.79 Å². The van der Waals surface area contributed by atoms with Crippen molar-refractivity contribution >= 4 is 38.2 Å². The predicted octanol–water partition coefficient (Wildman–Crippen LogP) is 5.56. The van der Waals surface area contributed by atoms with Crippen LogP contribution in [0.25, 0.3) is 0 Å². The van der Waals surface area contributed by atoms with E-state index in [0.717, 1.165) is 48.1 Å². The highest BCUT2D eigenvalue weighted by molar-refractivity contribution is 9.10. The lowest BCUT2D eigenvalue weighted by atomic mass is 9.48. The molecule has 0 aliphatic heterocycles. The minimum absolute atomic E-state index is 0.123. The molecule has 1 N–H and O–H groups in total. The van der Waals surface area contributed by atoms with E-state index in [1.165, 1.54) is 49.0 Å². The number of rotatable bonds is 3. The Labute approximate surface area is 167 Å². The SMILES string of the molecule is N#Cc1c(NC(=O)CC23C[C@@H]4C[C@@H](CC(Br)(C4)C2)C3)sc2c1CCCC2. The number of anilines is 1. The molecule has 4 saturated carbocycles. The van der Waals surface area contributed by atoms with E-state index >= 15 is 0 Å². The average Bonchev–Trinajstić information content (AvgIpc) is 2.88. The van der Waals surface area contributed by atoms with Gasteiger partial charge in [0.2, 0.25) is 5.91 Å². The first-order chi connectivity index (χ1) is 12.5. The fourth-order valence-corrected chi connectivity index (χ4v) is 9.59. The second kappa shape index (κ2) is 6.07. The number of carbonyl (C=O) groups excluding carboxylic acids is 1. The molecule has 5 aliphatic rings. The van der Waals surface area contributed by atoms with Crippen LogP contribution in [0, 0.1) is 28.6 Å². The van der Waals surface area contributed by atoms with Crippen LogP contribution in [-0.2, 0) is 17.6 Å². The molecule has 4 atom stereocenters. The second-order valence-electron chi connectivity index (χ2n) is 9.36. The highest BCUT2D eigenvalue weighted by Crippen LogP contribution is 2.65. The van der Waals surface area contributed by atoms with E-state index in [4.69, 9.17) is 0 Å². The molecule has 1 aromatic heterocycles. The predicted molar refractivity (Wildman–Crippen MR) is 108 cm³/mol. The number of thiophene rings is 1. The van der Waals surface area contributed by atoms with E-state index in [2.05, 4.69) is 27.3 Å². The van der Waals surface area contributed by atoms with Crippen molar-refractivity contribution in [3.8, 4) is 6.07 Å². The summed E-state index contributed by atoms with van der Waals surface area (Å²) in [4.78, 5) is 14.3. The number of nitrogens with zero attached hydrogens (tertiary/aromatic N) is 1. The molecule has 3 nitrogen and oxygen atoms in total. The van der Waals surface area contributed by atoms with E-state index in [1.54, 1.807) is 11.3 Å². The minimum atomic E-state index is 0.123. The van der Waals surface area contributed by atoms with E-state index in [9.17, 15) is 10.1 Å². The zero-order valence-electron chi connectivity index (χ0n) is 15.1. The van der Waals surface area contributed by atoms with Crippen LogP contribution in [0.4, 0.5) is 5.00 Å². The Kier molecular flexibility index (Phi) is 4.03. The molecule has 1 aromatic rings. The third-order valence-electron chi connectivity index (χ3n) is 7.18. The van der Waals surface area contributed by atoms with Gasteiger partial charge in [-0.25, -0.2) is 0 Å². The van der Waals surface area contributed by atoms with Gasteiger partial charge in [0.25, 0.3) is 0 Å². The molecule has 26 heavy (non-hydrogen) atoms. The minimum Gasteiger partial charge on any atom is -0.317 e. The van der Waals surface area contributed by atoms with Crippen LogP contribution in [0.3, 0.4) is 0 Å². The molecule has 6 rings (SSSR count). The fourth-order valence-electron chi connectivity index (χ4n) is 6.83. The first-order valence-electron chi connectivity index (χ1n) is 10.0. The van der Waals surface area contributed by atoms with E-state index < -0.39 is 0 Å². The summed E-state index contributed by atoms with van der Waals surface area (Å²) in [6.45, 7) is 0. The van der Waals surface area contributed by atoms with Crippen LogP contribution in [-0.4, -0.2) is 10.2 Å². The van der Waals surface area contributed by atoms with Gasteiger partial charge < -0.3 is 5.32 Å². The zero-order chi connectivity index (χ0) is 17.9. The quantitative estimate of drug-likeness (QED) is 0.635. The van der Waals surface area contributed by atoms with Crippen molar-refractivity contribution in [2.24, 2.45) is 17.3 Å². The third-order valence-corrected chi connectivity index (χ3v) is 9.32. The Morgan fingerprint density at radius 1 is 1.23 bits per heavy atom. The average molecular weight is 433 g/mol. The molecule has 4 bridgehead atoms. The zero-order valence-corrected chi connectivity index (χ0v) is 17.5. The maximum atomic E-state index is 13.0. The summed E-state index contributed by atoms with van der Waals surface area (Å²) in [6.07, 6.45) is 12.6. The number of amides is 1. The molecule has 0 spiro atoms. The topological polar surface area (TPSA) is 52.9 Å². The standard InChI is InChI=1S/C21H25BrN2OS/c22-21-8-13-5-14(9-21)7-20(6-13,12-21)10-18(25)24-19-16(11-23)15-3-1-2-4-17(15)26-19/h13-14H,1-10,12H2,(H,24,25)/t13-,14+,20?,21?. The second-order valence-corrected chi connectivity index (χ2v) is 12.2. The summed E-state index contributed by atoms with van der Waals surface area (Å²) in [7, 11) is 0. The number of alkyl halides is 1. The number of nitrogens with one attached hydrogen (secondary N) is 1. The van der Waals surface area contributed by atoms with Crippen LogP contribution in [0.1, 0.15) is 73.8 Å². The number of nitriles is 1. The van der Waals surface area contributed by atoms with Crippen molar-refractivity contribution in [2.45, 2.75) is 75.0 Å². The first kappa shape index (κ1) is 17.3. The molecular formula is C21H25BrN2OS. The molecule has 0 radical (unpaired) electrons. The van der Waals surface area contributed by atoms with Crippen LogP contribution < -0.4 is 5.32 Å². The summed E-state index contributed by atoms with van der Waals surface area (Å²) < 4.78 is 0.289. The number of fused-ring (bicyclic) bond motifs is 1. The van der Waals surface area contributed by atoms with Gasteiger partial charge in [0.15, 0.2) is 0 Å². The van der Waals surface area contributed by atoms with Crippen molar-refractivity contribution in [3.05, 3.63) is 16.0 Å². The van der Waals surface area contributed by atoms with Gasteiger partial charge in [-0.2, -0.15) is 5.26 Å². The largest absolute Gasteiger partial charge is 0.317 e. The molecule has 4 fully saturated rings. The Bertz CT molecular complexity index is 794. The van der Waals surface area contributed by atoms with Crippen molar-refractivity contribution in [1.29, 1.82) is 5.26 Å². The molecule has 0 saturated heterocycles. The Balaban J connectivity index is 1.34. The van der Waals surface area contributed by atoms with Gasteiger partial charge >= 0.3 is 0 Å². The lowest BCUT2D eigenvalue weighted by Crippen LogP contribution is -2.53. The van der Waals surface area contributed by atoms with Crippen LogP contribution in [0.5, 0.6) is 0 Å². The van der Waals surface area contributed by atoms with Gasteiger partial charge in [-0.1, -0.05) is 15.9 Å². The van der Waals surface area contributed by atoms with E-state index in [-0.39, 0.29) is 15.6 Å². The summed E-state index contributed by atoms with van der Waals surface area (Å²) in [5, 5.41) is 13.6. The van der Waals surface area contributed by atoms with Crippen LogP contribution >= 0.6 is 27.3 Å². The molecule has 0 aromatic carbocycles. The first-order valence-corrected chi connectivity index (χ1v) is 11.6. The smallest absolute Gasteiger partial charge is 0.225 e. The highest BCUT2D eigenvalue weighted by Gasteiger charge is 2.57. The van der Waals surface area contributed by atoms with Crippen molar-refractivity contribution in [2.75, 3.05) is 5.32 Å². The molecule has 5 aliphatic carbocycles. The monoisotopic (exact) mass is 432 g/mol. The summed E-state index contributed by atoms with van der Waals surface area (Å²) in [5.74, 6) is 1.72. The number of hydrogen-bond donors (Lipinski definition) is 1. The Hall–Kier alpha value is -0.860. The maximum Gasteiger partial charge on any atom is 0.225 e. The summed E-state index contributed by atoms with van der Waals surface area (Å²) in [5.41, 5.74) is 2.12.